The van der Waals surface area contributed by atoms with Crippen LogP contribution in [-0.4, -0.2) is 23.2 Å². The van der Waals surface area contributed by atoms with Crippen molar-refractivity contribution in [1.29, 1.82) is 0 Å². The second-order valence-electron chi connectivity index (χ2n) is 4.19. The highest BCUT2D eigenvalue weighted by Crippen LogP contribution is 2.20. The molecule has 0 fully saturated rings. The maximum Gasteiger partial charge on any atom is 0.269 e. The first kappa shape index (κ1) is 13.1. The summed E-state index contributed by atoms with van der Waals surface area (Å²) in [5.41, 5.74) is 3.13. The van der Waals surface area contributed by atoms with Gasteiger partial charge in [0.1, 0.15) is 0 Å². The van der Waals surface area contributed by atoms with Crippen molar-refractivity contribution in [2.24, 2.45) is 0 Å². The van der Waals surface area contributed by atoms with Crippen LogP contribution in [0.5, 0.6) is 0 Å². The Morgan fingerprint density at radius 3 is 2.42 bits per heavy atom. The highest BCUT2D eigenvalue weighted by atomic mass is 16.5. The molecule has 0 aliphatic rings. The lowest BCUT2D eigenvalue weighted by Crippen LogP contribution is -2.19. The molecule has 0 spiro atoms. The molecule has 0 atom stereocenters. The fraction of sp³-hybridized carbons (Fsp3) is 0.0625. The summed E-state index contributed by atoms with van der Waals surface area (Å²) in [6.07, 6.45) is 3.02. The smallest absolute Gasteiger partial charge is 0.269 e. The van der Waals surface area contributed by atoms with Crippen LogP contribution in [0, 0.1) is 0 Å². The molecule has 0 aliphatic carbocycles. The molecule has 0 heterocycles. The van der Waals surface area contributed by atoms with E-state index in [0.29, 0.717) is 5.06 Å². The van der Waals surface area contributed by atoms with Crippen LogP contribution < -0.4 is 0 Å². The van der Waals surface area contributed by atoms with E-state index in [9.17, 15) is 4.79 Å². The van der Waals surface area contributed by atoms with E-state index in [2.05, 4.69) is 0 Å². The molecule has 96 valence electrons. The van der Waals surface area contributed by atoms with Gasteiger partial charge in [0, 0.05) is 13.1 Å². The van der Waals surface area contributed by atoms with E-state index in [1.165, 1.54) is 13.1 Å². The molecule has 2 aromatic carbocycles. The summed E-state index contributed by atoms with van der Waals surface area (Å²) in [5, 5.41) is 9.52. The highest BCUT2D eigenvalue weighted by Gasteiger charge is 2.00. The van der Waals surface area contributed by atoms with Gasteiger partial charge in [-0.2, -0.15) is 0 Å². The molecule has 1 N–H and O–H groups in total. The number of hydroxylamine groups is 2. The molecule has 1 amide bonds. The van der Waals surface area contributed by atoms with Crippen LogP contribution in [0.15, 0.2) is 60.7 Å². The van der Waals surface area contributed by atoms with Crippen LogP contribution in [0.3, 0.4) is 0 Å². The molecule has 3 heteroatoms. The summed E-state index contributed by atoms with van der Waals surface area (Å²) in [4.78, 5) is 11.3. The van der Waals surface area contributed by atoms with Crippen molar-refractivity contribution in [3.63, 3.8) is 0 Å². The van der Waals surface area contributed by atoms with Crippen molar-refractivity contribution in [2.45, 2.75) is 0 Å². The number of hydrogen-bond acceptors (Lipinski definition) is 2. The Hall–Kier alpha value is -2.39. The van der Waals surface area contributed by atoms with Gasteiger partial charge in [0.05, 0.1) is 0 Å². The lowest BCUT2D eigenvalue weighted by atomic mass is 10.0. The Morgan fingerprint density at radius 1 is 1.05 bits per heavy atom. The molecule has 0 unspecified atom stereocenters. The number of benzene rings is 2. The van der Waals surface area contributed by atoms with Crippen LogP contribution >= 0.6 is 0 Å². The van der Waals surface area contributed by atoms with E-state index in [-0.39, 0.29) is 0 Å². The molecule has 2 rings (SSSR count). The van der Waals surface area contributed by atoms with Gasteiger partial charge in [0.2, 0.25) is 0 Å². The molecule has 0 saturated carbocycles. The minimum Gasteiger partial charge on any atom is -0.286 e. The van der Waals surface area contributed by atoms with Crippen LogP contribution in [0.2, 0.25) is 0 Å². The van der Waals surface area contributed by atoms with Crippen molar-refractivity contribution in [3.8, 4) is 11.1 Å². The van der Waals surface area contributed by atoms with Crippen molar-refractivity contribution >= 4 is 12.0 Å². The molecule has 3 nitrogen and oxygen atoms in total. The number of carbonyl (C=O) groups excluding carboxylic acids is 1. The summed E-state index contributed by atoms with van der Waals surface area (Å²) in [6, 6.07) is 17.9. The second-order valence-corrected chi connectivity index (χ2v) is 4.19. The predicted molar refractivity (Wildman–Crippen MR) is 75.5 cm³/mol. The lowest BCUT2D eigenvalue weighted by molar-refractivity contribution is -0.153. The predicted octanol–water partition coefficient (Wildman–Crippen LogP) is 3.21. The number of amides is 1. The molecular formula is C16H15NO2. The summed E-state index contributed by atoms with van der Waals surface area (Å²) in [7, 11) is 1.30. The maximum absolute atomic E-state index is 11.3. The molecule has 0 saturated heterocycles. The molecular weight excluding hydrogens is 238 g/mol. The van der Waals surface area contributed by atoms with Gasteiger partial charge >= 0.3 is 0 Å². The number of likely N-dealkylation sites (N-methyl/N-ethyl adjacent to an activating group) is 1. The quantitative estimate of drug-likeness (QED) is 0.518. The van der Waals surface area contributed by atoms with Gasteiger partial charge in [-0.15, -0.1) is 0 Å². The number of rotatable bonds is 3. The van der Waals surface area contributed by atoms with Gasteiger partial charge in [0.15, 0.2) is 0 Å². The van der Waals surface area contributed by atoms with Crippen LogP contribution in [0.4, 0.5) is 0 Å². The molecule has 19 heavy (non-hydrogen) atoms. The summed E-state index contributed by atoms with van der Waals surface area (Å²) in [6.45, 7) is 0. The van der Waals surface area contributed by atoms with Gasteiger partial charge < -0.3 is 0 Å². The van der Waals surface area contributed by atoms with E-state index in [1.54, 1.807) is 6.08 Å². The topological polar surface area (TPSA) is 40.5 Å². The summed E-state index contributed by atoms with van der Waals surface area (Å²) < 4.78 is 0. The molecule has 0 bridgehead atoms. The first-order valence-electron chi connectivity index (χ1n) is 5.97. The SMILES string of the molecule is CN(O)C(=O)C=Cc1cccc(-c2ccccc2)c1. The molecule has 0 radical (unpaired) electrons. The Morgan fingerprint density at radius 2 is 1.74 bits per heavy atom. The minimum atomic E-state index is -0.454. The van der Waals surface area contributed by atoms with Crippen molar-refractivity contribution in [1.82, 2.24) is 5.06 Å². The zero-order chi connectivity index (χ0) is 13.7. The fourth-order valence-corrected chi connectivity index (χ4v) is 1.73. The third-order valence-electron chi connectivity index (χ3n) is 2.73. The maximum atomic E-state index is 11.3. The average molecular weight is 253 g/mol. The Bertz CT molecular complexity index is 589. The largest absolute Gasteiger partial charge is 0.286 e. The van der Waals surface area contributed by atoms with Crippen LogP contribution in [0.25, 0.3) is 17.2 Å². The van der Waals surface area contributed by atoms with Crippen LogP contribution in [-0.2, 0) is 4.79 Å². The molecule has 2 aromatic rings. The van der Waals surface area contributed by atoms with Crippen LogP contribution in [0.1, 0.15) is 5.56 Å². The zero-order valence-electron chi connectivity index (χ0n) is 10.7. The van der Waals surface area contributed by atoms with E-state index in [1.807, 2.05) is 54.6 Å². The summed E-state index contributed by atoms with van der Waals surface area (Å²) >= 11 is 0. The molecule has 0 aromatic heterocycles. The second kappa shape index (κ2) is 5.98. The summed E-state index contributed by atoms with van der Waals surface area (Å²) in [5.74, 6) is -0.454. The Balaban J connectivity index is 2.23. The zero-order valence-corrected chi connectivity index (χ0v) is 10.7. The van der Waals surface area contributed by atoms with Gasteiger partial charge in [-0.05, 0) is 28.8 Å². The Labute approximate surface area is 112 Å². The van der Waals surface area contributed by atoms with E-state index in [0.717, 1.165) is 16.7 Å². The Kier molecular flexibility index (Phi) is 4.11. The highest BCUT2D eigenvalue weighted by molar-refractivity contribution is 5.90. The standard InChI is InChI=1S/C16H15NO2/c1-17(19)16(18)11-10-13-6-5-9-15(12-13)14-7-3-2-4-8-14/h2-12,19H,1H3. The van der Waals surface area contributed by atoms with E-state index in [4.69, 9.17) is 5.21 Å². The lowest BCUT2D eigenvalue weighted by Gasteiger charge is -2.04. The fourth-order valence-electron chi connectivity index (χ4n) is 1.73. The first-order chi connectivity index (χ1) is 9.16. The molecule has 0 aliphatic heterocycles. The average Bonchev–Trinajstić information content (AvgIpc) is 2.46. The third-order valence-corrected chi connectivity index (χ3v) is 2.73. The van der Waals surface area contributed by atoms with E-state index >= 15 is 0 Å². The van der Waals surface area contributed by atoms with Gasteiger partial charge in [-0.1, -0.05) is 48.5 Å². The number of carbonyl (C=O) groups is 1. The normalized spacial score (nSPS) is 10.6. The number of nitrogens with zero attached hydrogens (tertiary/aromatic N) is 1. The van der Waals surface area contributed by atoms with Crippen molar-refractivity contribution < 1.29 is 10.0 Å². The third kappa shape index (κ3) is 3.53. The minimum absolute atomic E-state index is 0.454. The monoisotopic (exact) mass is 253 g/mol. The van der Waals surface area contributed by atoms with Crippen molar-refractivity contribution in [3.05, 3.63) is 66.2 Å². The van der Waals surface area contributed by atoms with E-state index < -0.39 is 5.91 Å². The van der Waals surface area contributed by atoms with Gasteiger partial charge in [-0.3, -0.25) is 10.0 Å². The van der Waals surface area contributed by atoms with Crippen molar-refractivity contribution in [2.75, 3.05) is 7.05 Å². The number of hydrogen-bond donors (Lipinski definition) is 1. The van der Waals surface area contributed by atoms with Gasteiger partial charge in [0.25, 0.3) is 5.91 Å². The van der Waals surface area contributed by atoms with Gasteiger partial charge in [-0.25, -0.2) is 5.06 Å². The first-order valence-corrected chi connectivity index (χ1v) is 5.97.